The third kappa shape index (κ3) is 10.3. The van der Waals surface area contributed by atoms with Gasteiger partial charge in [-0.05, 0) is 0 Å². The van der Waals surface area contributed by atoms with E-state index in [0.717, 1.165) is 0 Å². The molecule has 0 aromatic heterocycles. The molecule has 30 nitrogen and oxygen atoms in total. The van der Waals surface area contributed by atoms with Crippen LogP contribution in [0.5, 0.6) is 0 Å². The largest absolute Gasteiger partial charge is 0.394 e. The molecule has 66 heavy (non-hydrogen) atoms. The standard InChI is InChI=1S/C36H60O30/c37-1-7-13(43)14(44)20(50)32(56-7)63-25-9(3-39)57-34(21(51)16(25)46)64-26-10(4-40)59-35(23(53)17(26)47)66-28-12(6-42)60-36(30-29(28)61-30)65-27-11(5-41)58-33(22(52)18(27)48)62-24-8(2-38)55-31(54)19(49)15(24)45/h7-54H,1-6H2/t7-,8-,9-,10-,11-,12-,13-,14+,15-,16-,17-,18-,19-,20-,21-,22-,23-,24-,25-,26-,27-,28-,29+,30+,31?,32-,33-,34-,35-,36-/m1/s1. The monoisotopic (exact) mass is 972 g/mol. The number of aliphatic hydroxyl groups excluding tert-OH is 18. The molecule has 7 fully saturated rings. The van der Waals surface area contributed by atoms with Gasteiger partial charge in [-0.3, -0.25) is 0 Å². The highest BCUT2D eigenvalue weighted by Gasteiger charge is 2.63. The average Bonchev–Trinajstić information content (AvgIpc) is 4.12. The van der Waals surface area contributed by atoms with Gasteiger partial charge in [-0.15, -0.1) is 0 Å². The highest BCUT2D eigenvalue weighted by molar-refractivity contribution is 5.05. The number of hydrogen-bond acceptors (Lipinski definition) is 30. The molecule has 1 unspecified atom stereocenters. The molecular formula is C36H60O30. The van der Waals surface area contributed by atoms with Crippen LogP contribution in [-0.2, 0) is 56.8 Å². The van der Waals surface area contributed by atoms with Gasteiger partial charge in [0.15, 0.2) is 37.7 Å². The van der Waals surface area contributed by atoms with Gasteiger partial charge in [-0.25, -0.2) is 0 Å². The minimum atomic E-state index is -2.06. The lowest BCUT2D eigenvalue weighted by atomic mass is 9.96. The molecule has 0 radical (unpaired) electrons. The Morgan fingerprint density at radius 1 is 0.242 bits per heavy atom. The molecular weight excluding hydrogens is 912 g/mol. The summed E-state index contributed by atoms with van der Waals surface area (Å²) in [5.74, 6) is 0. The number of hydrogen-bond donors (Lipinski definition) is 18. The van der Waals surface area contributed by atoms with E-state index >= 15 is 0 Å². The Balaban J connectivity index is 0.947. The summed E-state index contributed by atoms with van der Waals surface area (Å²) in [7, 11) is 0. The smallest absolute Gasteiger partial charge is 0.187 e. The van der Waals surface area contributed by atoms with Crippen LogP contribution in [0.25, 0.3) is 0 Å². The highest BCUT2D eigenvalue weighted by Crippen LogP contribution is 2.43. The molecule has 0 spiro atoms. The molecule has 7 saturated heterocycles. The van der Waals surface area contributed by atoms with Gasteiger partial charge in [0.1, 0.15) is 146 Å². The maximum Gasteiger partial charge on any atom is 0.187 e. The van der Waals surface area contributed by atoms with E-state index in [9.17, 15) is 91.9 Å². The molecule has 7 aliphatic rings. The van der Waals surface area contributed by atoms with Crippen molar-refractivity contribution in [3.63, 3.8) is 0 Å². The first-order valence-corrected chi connectivity index (χ1v) is 21.1. The van der Waals surface area contributed by atoms with Crippen molar-refractivity contribution in [2.75, 3.05) is 39.6 Å². The molecule has 0 aromatic carbocycles. The third-order valence-electron chi connectivity index (χ3n) is 12.6. The summed E-state index contributed by atoms with van der Waals surface area (Å²) in [5.41, 5.74) is 0. The average molecular weight is 973 g/mol. The van der Waals surface area contributed by atoms with Crippen molar-refractivity contribution in [3.8, 4) is 0 Å². The van der Waals surface area contributed by atoms with E-state index in [0.29, 0.717) is 0 Å². The van der Waals surface area contributed by atoms with Crippen LogP contribution in [0.1, 0.15) is 0 Å². The highest BCUT2D eigenvalue weighted by atomic mass is 16.8. The Morgan fingerprint density at radius 3 is 0.924 bits per heavy atom. The zero-order valence-corrected chi connectivity index (χ0v) is 34.5. The molecule has 0 amide bonds. The molecule has 0 aromatic rings. The summed E-state index contributed by atoms with van der Waals surface area (Å²) in [6, 6.07) is 0. The quantitative estimate of drug-likeness (QED) is 0.0639. The second kappa shape index (κ2) is 22.1. The van der Waals surface area contributed by atoms with Crippen LogP contribution in [0.4, 0.5) is 0 Å². The summed E-state index contributed by atoms with van der Waals surface area (Å²) in [5, 5.41) is 187. The Labute approximate surface area is 372 Å². The summed E-state index contributed by atoms with van der Waals surface area (Å²) in [6.07, 6.45) is -50.6. The van der Waals surface area contributed by atoms with Crippen molar-refractivity contribution in [1.29, 1.82) is 0 Å². The van der Waals surface area contributed by atoms with Gasteiger partial charge in [0.2, 0.25) is 0 Å². The maximum atomic E-state index is 11.2. The fraction of sp³-hybridized carbons (Fsp3) is 1.00. The van der Waals surface area contributed by atoms with Crippen LogP contribution in [0, 0.1) is 0 Å². The normalized spacial score (nSPS) is 54.5. The van der Waals surface area contributed by atoms with Gasteiger partial charge < -0.3 is 149 Å². The number of aliphatic hydroxyl groups is 18. The predicted octanol–water partition coefficient (Wildman–Crippen LogP) is -13.1. The Hall–Kier alpha value is -1.20. The molecule has 7 aliphatic heterocycles. The molecule has 0 bridgehead atoms. The molecule has 384 valence electrons. The summed E-state index contributed by atoms with van der Waals surface area (Å²) in [4.78, 5) is 0. The van der Waals surface area contributed by atoms with Crippen LogP contribution in [-0.4, -0.2) is 316 Å². The summed E-state index contributed by atoms with van der Waals surface area (Å²) >= 11 is 0. The van der Waals surface area contributed by atoms with Crippen molar-refractivity contribution in [2.45, 2.75) is 184 Å². The lowest BCUT2D eigenvalue weighted by molar-refractivity contribution is -0.384. The maximum absolute atomic E-state index is 11.2. The van der Waals surface area contributed by atoms with E-state index in [1.807, 2.05) is 0 Å². The second-order valence-electron chi connectivity index (χ2n) is 16.8. The lowest BCUT2D eigenvalue weighted by Gasteiger charge is -2.48. The summed E-state index contributed by atoms with van der Waals surface area (Å²) < 4.78 is 67.4. The van der Waals surface area contributed by atoms with Gasteiger partial charge in [0.05, 0.1) is 39.6 Å². The molecule has 7 heterocycles. The third-order valence-corrected chi connectivity index (χ3v) is 12.6. The SMILES string of the molecule is OC[C@H]1O[C@H](O[C@H]2[C@H](O)[C@@H](O)[C@@H](O[C@H]3[C@H](O)[C@@H](O)[C@@H](O[C@H]4[C@@H]5O[C@@H]5[C@@H](O[C@H]5[C@H](O)[C@@H](O)[C@@H](O[C@H]6[C@H](O)[C@@H](O)C(O)O[C@@H]6CO)O[C@@H]5CO)O[C@@H]4CO)O[C@@H]3CO)O[C@@H]2CO)[C@H](O)[C@@H](O)[C@@H]1O. The Bertz CT molecular complexity index is 1510. The molecule has 0 aliphatic carbocycles. The van der Waals surface area contributed by atoms with E-state index in [1.165, 1.54) is 0 Å². The van der Waals surface area contributed by atoms with E-state index in [4.69, 9.17) is 56.8 Å². The van der Waals surface area contributed by atoms with Crippen LogP contribution >= 0.6 is 0 Å². The van der Waals surface area contributed by atoms with Crippen molar-refractivity contribution in [3.05, 3.63) is 0 Å². The van der Waals surface area contributed by atoms with Crippen LogP contribution in [0.3, 0.4) is 0 Å². The van der Waals surface area contributed by atoms with E-state index in [1.54, 1.807) is 0 Å². The van der Waals surface area contributed by atoms with Gasteiger partial charge >= 0.3 is 0 Å². The summed E-state index contributed by atoms with van der Waals surface area (Å²) in [6.45, 7) is -5.12. The predicted molar refractivity (Wildman–Crippen MR) is 196 cm³/mol. The lowest BCUT2D eigenvalue weighted by Crippen LogP contribution is -2.67. The first kappa shape index (κ1) is 52.6. The van der Waals surface area contributed by atoms with Crippen LogP contribution < -0.4 is 0 Å². The van der Waals surface area contributed by atoms with Crippen molar-refractivity contribution < 1.29 is 149 Å². The van der Waals surface area contributed by atoms with Gasteiger partial charge in [-0.1, -0.05) is 0 Å². The molecule has 30 heteroatoms. The Kier molecular flexibility index (Phi) is 17.6. The molecule has 18 N–H and O–H groups in total. The number of ether oxygens (including phenoxy) is 12. The molecule has 7 rings (SSSR count). The first-order valence-electron chi connectivity index (χ1n) is 21.1. The van der Waals surface area contributed by atoms with Gasteiger partial charge in [0, 0.05) is 0 Å². The van der Waals surface area contributed by atoms with E-state index in [-0.39, 0.29) is 0 Å². The van der Waals surface area contributed by atoms with Gasteiger partial charge in [-0.2, -0.15) is 0 Å². The fourth-order valence-corrected chi connectivity index (χ4v) is 8.77. The first-order chi connectivity index (χ1) is 31.4. The zero-order valence-electron chi connectivity index (χ0n) is 34.5. The topological polar surface area (TPSA) is 478 Å². The van der Waals surface area contributed by atoms with Gasteiger partial charge in [0.25, 0.3) is 0 Å². The number of rotatable bonds is 16. The second-order valence-corrected chi connectivity index (χ2v) is 16.8. The molecule has 0 saturated carbocycles. The van der Waals surface area contributed by atoms with Crippen molar-refractivity contribution in [2.24, 2.45) is 0 Å². The minimum absolute atomic E-state index is 0.798. The zero-order chi connectivity index (χ0) is 48.0. The number of epoxide rings is 1. The van der Waals surface area contributed by atoms with Crippen LogP contribution in [0.2, 0.25) is 0 Å². The molecule has 30 atom stereocenters. The number of fused-ring (bicyclic) bond motifs is 1. The fourth-order valence-electron chi connectivity index (χ4n) is 8.77. The van der Waals surface area contributed by atoms with E-state index in [2.05, 4.69) is 0 Å². The van der Waals surface area contributed by atoms with Crippen molar-refractivity contribution >= 4 is 0 Å². The minimum Gasteiger partial charge on any atom is -0.394 e. The van der Waals surface area contributed by atoms with Crippen LogP contribution in [0.15, 0.2) is 0 Å². The van der Waals surface area contributed by atoms with E-state index < -0.39 is 224 Å². The Morgan fingerprint density at radius 2 is 0.530 bits per heavy atom. The van der Waals surface area contributed by atoms with Crippen molar-refractivity contribution in [1.82, 2.24) is 0 Å².